The molecular formula is C9H17NO2. The van der Waals surface area contributed by atoms with Crippen LogP contribution in [-0.4, -0.2) is 18.7 Å². The van der Waals surface area contributed by atoms with Crippen LogP contribution in [0.25, 0.3) is 0 Å². The molecule has 0 radical (unpaired) electrons. The lowest BCUT2D eigenvalue weighted by Gasteiger charge is -2.27. The van der Waals surface area contributed by atoms with Crippen LogP contribution >= 0.6 is 0 Å². The van der Waals surface area contributed by atoms with E-state index in [1.165, 1.54) is 6.42 Å². The minimum atomic E-state index is -0.110. The van der Waals surface area contributed by atoms with Gasteiger partial charge in [0.1, 0.15) is 0 Å². The van der Waals surface area contributed by atoms with E-state index in [2.05, 4.69) is 12.2 Å². The van der Waals surface area contributed by atoms with Crippen LogP contribution in [0.3, 0.4) is 0 Å². The van der Waals surface area contributed by atoms with E-state index in [0.717, 1.165) is 13.0 Å². The van der Waals surface area contributed by atoms with Crippen LogP contribution in [0.15, 0.2) is 0 Å². The van der Waals surface area contributed by atoms with Crippen molar-refractivity contribution in [2.75, 3.05) is 6.54 Å². The summed E-state index contributed by atoms with van der Waals surface area (Å²) in [6.07, 6.45) is 2.56. The molecule has 1 heterocycles. The summed E-state index contributed by atoms with van der Waals surface area (Å²) in [4.78, 5) is 10.9. The van der Waals surface area contributed by atoms with Gasteiger partial charge in [0.2, 0.25) is 0 Å². The highest BCUT2D eigenvalue weighted by atomic mass is 16.6. The smallest absolute Gasteiger partial charge is 0.307 e. The van der Waals surface area contributed by atoms with Gasteiger partial charge < -0.3 is 4.74 Å². The van der Waals surface area contributed by atoms with Crippen molar-refractivity contribution in [2.45, 2.75) is 39.3 Å². The van der Waals surface area contributed by atoms with Gasteiger partial charge in [-0.2, -0.15) is 0 Å². The Morgan fingerprint density at radius 2 is 2.42 bits per heavy atom. The standard InChI is InChI=1S/C9H17NO2/c1-3-9(11)12-8-6-7(2)4-5-10-8/h7-8,10H,3-6H2,1-2H3/t7-,8-/m1/s1. The van der Waals surface area contributed by atoms with Gasteiger partial charge in [-0.15, -0.1) is 0 Å². The molecule has 0 aromatic carbocycles. The van der Waals surface area contributed by atoms with Gasteiger partial charge in [-0.25, -0.2) is 0 Å². The Morgan fingerprint density at radius 1 is 1.67 bits per heavy atom. The molecule has 0 spiro atoms. The maximum Gasteiger partial charge on any atom is 0.307 e. The van der Waals surface area contributed by atoms with E-state index in [0.29, 0.717) is 12.3 Å². The second-order valence-electron chi connectivity index (χ2n) is 3.42. The Kier molecular flexibility index (Phi) is 3.53. The van der Waals surface area contributed by atoms with Gasteiger partial charge in [-0.3, -0.25) is 10.1 Å². The molecule has 3 nitrogen and oxygen atoms in total. The Hall–Kier alpha value is -0.570. The first-order valence-corrected chi connectivity index (χ1v) is 4.65. The summed E-state index contributed by atoms with van der Waals surface area (Å²) in [5.74, 6) is 0.558. The van der Waals surface area contributed by atoms with Crippen molar-refractivity contribution in [3.8, 4) is 0 Å². The Labute approximate surface area is 73.5 Å². The fourth-order valence-corrected chi connectivity index (χ4v) is 1.39. The molecule has 1 rings (SSSR count). The van der Waals surface area contributed by atoms with Crippen molar-refractivity contribution < 1.29 is 9.53 Å². The van der Waals surface area contributed by atoms with Gasteiger partial charge in [0.15, 0.2) is 6.23 Å². The van der Waals surface area contributed by atoms with Crippen molar-refractivity contribution in [1.82, 2.24) is 5.32 Å². The third kappa shape index (κ3) is 2.81. The summed E-state index contributed by atoms with van der Waals surface area (Å²) in [5.41, 5.74) is 0. The van der Waals surface area contributed by atoms with Crippen LogP contribution in [0, 0.1) is 5.92 Å². The van der Waals surface area contributed by atoms with E-state index < -0.39 is 0 Å². The van der Waals surface area contributed by atoms with E-state index in [-0.39, 0.29) is 12.2 Å². The molecule has 0 unspecified atom stereocenters. The summed E-state index contributed by atoms with van der Waals surface area (Å²) in [5, 5.41) is 3.17. The van der Waals surface area contributed by atoms with E-state index >= 15 is 0 Å². The zero-order valence-electron chi connectivity index (χ0n) is 7.80. The maximum atomic E-state index is 10.9. The molecule has 70 valence electrons. The summed E-state index contributed by atoms with van der Waals surface area (Å²) < 4.78 is 5.16. The average molecular weight is 171 g/mol. The zero-order valence-corrected chi connectivity index (χ0v) is 7.80. The predicted molar refractivity (Wildman–Crippen MR) is 46.6 cm³/mol. The van der Waals surface area contributed by atoms with Gasteiger partial charge in [-0.1, -0.05) is 13.8 Å². The molecule has 0 aromatic heterocycles. The molecule has 2 atom stereocenters. The molecule has 1 aliphatic rings. The molecule has 1 N–H and O–H groups in total. The molecule has 0 bridgehead atoms. The number of piperidine rings is 1. The van der Waals surface area contributed by atoms with E-state index in [9.17, 15) is 4.79 Å². The monoisotopic (exact) mass is 171 g/mol. The number of carbonyl (C=O) groups excluding carboxylic acids is 1. The lowest BCUT2D eigenvalue weighted by atomic mass is 9.99. The van der Waals surface area contributed by atoms with E-state index in [1.807, 2.05) is 6.92 Å². The third-order valence-electron chi connectivity index (χ3n) is 2.19. The highest BCUT2D eigenvalue weighted by Crippen LogP contribution is 2.15. The SMILES string of the molecule is CCC(=O)O[C@@H]1C[C@H](C)CCN1. The van der Waals surface area contributed by atoms with Crippen LogP contribution in [-0.2, 0) is 9.53 Å². The molecule has 0 aliphatic carbocycles. The van der Waals surface area contributed by atoms with Gasteiger partial charge in [0, 0.05) is 12.8 Å². The first kappa shape index (κ1) is 9.52. The third-order valence-corrected chi connectivity index (χ3v) is 2.19. The summed E-state index contributed by atoms with van der Waals surface area (Å²) >= 11 is 0. The number of rotatable bonds is 2. The highest BCUT2D eigenvalue weighted by Gasteiger charge is 2.20. The molecular weight excluding hydrogens is 154 g/mol. The summed E-state index contributed by atoms with van der Waals surface area (Å²) in [7, 11) is 0. The molecule has 1 saturated heterocycles. The number of ether oxygens (including phenoxy) is 1. The quantitative estimate of drug-likeness (QED) is 0.636. The minimum absolute atomic E-state index is 0.0406. The largest absolute Gasteiger partial charge is 0.447 e. The number of hydrogen-bond acceptors (Lipinski definition) is 3. The zero-order chi connectivity index (χ0) is 8.97. The van der Waals surface area contributed by atoms with Gasteiger partial charge in [0.25, 0.3) is 0 Å². The van der Waals surface area contributed by atoms with Crippen LogP contribution in [0.4, 0.5) is 0 Å². The summed E-state index contributed by atoms with van der Waals surface area (Å²) in [6, 6.07) is 0. The molecule has 0 aromatic rings. The lowest BCUT2D eigenvalue weighted by Crippen LogP contribution is -2.40. The van der Waals surface area contributed by atoms with Crippen LogP contribution < -0.4 is 5.32 Å². The van der Waals surface area contributed by atoms with E-state index in [1.54, 1.807) is 0 Å². The normalized spacial score (nSPS) is 29.8. The second-order valence-corrected chi connectivity index (χ2v) is 3.42. The molecule has 3 heteroatoms. The lowest BCUT2D eigenvalue weighted by molar-refractivity contribution is -0.152. The first-order chi connectivity index (χ1) is 5.72. The number of hydrogen-bond donors (Lipinski definition) is 1. The minimum Gasteiger partial charge on any atom is -0.447 e. The maximum absolute atomic E-state index is 10.9. The Bertz CT molecular complexity index is 159. The first-order valence-electron chi connectivity index (χ1n) is 4.65. The Balaban J connectivity index is 2.27. The van der Waals surface area contributed by atoms with Crippen molar-refractivity contribution in [1.29, 1.82) is 0 Å². The van der Waals surface area contributed by atoms with Crippen molar-refractivity contribution in [3.63, 3.8) is 0 Å². The molecule has 0 saturated carbocycles. The molecule has 12 heavy (non-hydrogen) atoms. The highest BCUT2D eigenvalue weighted by molar-refractivity contribution is 5.69. The van der Waals surface area contributed by atoms with Crippen molar-refractivity contribution in [3.05, 3.63) is 0 Å². The van der Waals surface area contributed by atoms with Gasteiger partial charge >= 0.3 is 5.97 Å². The summed E-state index contributed by atoms with van der Waals surface area (Å²) in [6.45, 7) is 4.96. The number of nitrogens with one attached hydrogen (secondary N) is 1. The topological polar surface area (TPSA) is 38.3 Å². The average Bonchev–Trinajstić information content (AvgIpc) is 2.04. The molecule has 0 amide bonds. The number of esters is 1. The van der Waals surface area contributed by atoms with Crippen LogP contribution in [0.2, 0.25) is 0 Å². The fraction of sp³-hybridized carbons (Fsp3) is 0.889. The molecule has 1 aliphatic heterocycles. The Morgan fingerprint density at radius 3 is 3.00 bits per heavy atom. The van der Waals surface area contributed by atoms with Gasteiger partial charge in [-0.05, 0) is 18.9 Å². The molecule has 1 fully saturated rings. The van der Waals surface area contributed by atoms with Crippen molar-refractivity contribution in [2.24, 2.45) is 5.92 Å². The van der Waals surface area contributed by atoms with Crippen LogP contribution in [0.5, 0.6) is 0 Å². The second kappa shape index (κ2) is 4.45. The van der Waals surface area contributed by atoms with Crippen molar-refractivity contribution >= 4 is 5.97 Å². The van der Waals surface area contributed by atoms with E-state index in [4.69, 9.17) is 4.74 Å². The van der Waals surface area contributed by atoms with Gasteiger partial charge in [0.05, 0.1) is 0 Å². The fourth-order valence-electron chi connectivity index (χ4n) is 1.39. The number of carbonyl (C=O) groups is 1. The van der Waals surface area contributed by atoms with Crippen LogP contribution in [0.1, 0.15) is 33.1 Å². The predicted octanol–water partition coefficient (Wildman–Crippen LogP) is 1.29.